The number of ether oxygens (including phenoxy) is 1. The third-order valence-electron chi connectivity index (χ3n) is 2.90. The molecule has 3 rings (SSSR count). The van der Waals surface area contributed by atoms with Gasteiger partial charge in [-0.1, -0.05) is 23.2 Å². The summed E-state index contributed by atoms with van der Waals surface area (Å²) in [6, 6.07) is 12.0. The molecular weight excluding hydrogens is 285 g/mol. The summed E-state index contributed by atoms with van der Waals surface area (Å²) in [4.78, 5) is 13.9. The Balaban J connectivity index is 1.99. The van der Waals surface area contributed by atoms with Crippen LogP contribution in [0.2, 0.25) is 10.0 Å². The van der Waals surface area contributed by atoms with Gasteiger partial charge in [0.1, 0.15) is 5.75 Å². The Bertz CT molecular complexity index is 640. The molecule has 5 heteroatoms. The topological polar surface area (TPSA) is 29.5 Å². The second-order valence-electron chi connectivity index (χ2n) is 4.12. The zero-order chi connectivity index (χ0) is 13.4. The van der Waals surface area contributed by atoms with Gasteiger partial charge in [0.2, 0.25) is 0 Å². The van der Waals surface area contributed by atoms with E-state index < -0.39 is 0 Å². The van der Waals surface area contributed by atoms with Crippen molar-refractivity contribution in [3.8, 4) is 5.75 Å². The molecule has 1 aliphatic heterocycles. The number of hydrogen-bond donors (Lipinski definition) is 0. The lowest BCUT2D eigenvalue weighted by Crippen LogP contribution is -2.38. The van der Waals surface area contributed by atoms with Gasteiger partial charge in [0, 0.05) is 15.7 Å². The first-order valence-corrected chi connectivity index (χ1v) is 6.40. The summed E-state index contributed by atoms with van der Waals surface area (Å²) in [5.74, 6) is 0.422. The van der Waals surface area contributed by atoms with E-state index in [1.165, 1.54) is 4.90 Å². The second kappa shape index (κ2) is 4.76. The molecule has 0 bridgehead atoms. The SMILES string of the molecule is O=C1c2cc(Cl)ccc2OCN1c1ccc(Cl)cc1. The molecule has 0 unspecified atom stereocenters. The molecule has 0 aliphatic carbocycles. The van der Waals surface area contributed by atoms with Crippen LogP contribution < -0.4 is 9.64 Å². The number of amides is 1. The maximum Gasteiger partial charge on any atom is 0.264 e. The minimum atomic E-state index is -0.133. The van der Waals surface area contributed by atoms with E-state index in [0.717, 1.165) is 5.69 Å². The monoisotopic (exact) mass is 293 g/mol. The maximum absolute atomic E-state index is 12.4. The maximum atomic E-state index is 12.4. The molecule has 1 aliphatic rings. The predicted molar refractivity (Wildman–Crippen MR) is 75.2 cm³/mol. The van der Waals surface area contributed by atoms with Crippen LogP contribution in [0.3, 0.4) is 0 Å². The van der Waals surface area contributed by atoms with E-state index in [2.05, 4.69) is 0 Å². The fraction of sp³-hybridized carbons (Fsp3) is 0.0714. The van der Waals surface area contributed by atoms with E-state index in [1.54, 1.807) is 42.5 Å². The van der Waals surface area contributed by atoms with Crippen molar-refractivity contribution in [3.05, 3.63) is 58.1 Å². The molecule has 3 nitrogen and oxygen atoms in total. The van der Waals surface area contributed by atoms with Crippen LogP contribution in [-0.2, 0) is 0 Å². The van der Waals surface area contributed by atoms with Crippen LogP contribution in [-0.4, -0.2) is 12.6 Å². The lowest BCUT2D eigenvalue weighted by molar-refractivity contribution is 0.0937. The number of benzene rings is 2. The third-order valence-corrected chi connectivity index (χ3v) is 3.39. The molecule has 0 aromatic heterocycles. The second-order valence-corrected chi connectivity index (χ2v) is 5.00. The van der Waals surface area contributed by atoms with Gasteiger partial charge in [-0.05, 0) is 42.5 Å². The molecule has 0 N–H and O–H groups in total. The normalized spacial score (nSPS) is 14.0. The van der Waals surface area contributed by atoms with Gasteiger partial charge < -0.3 is 4.74 Å². The minimum Gasteiger partial charge on any atom is -0.472 e. The first-order valence-electron chi connectivity index (χ1n) is 5.65. The van der Waals surface area contributed by atoms with Crippen LogP contribution in [0.5, 0.6) is 5.75 Å². The molecule has 2 aromatic rings. The molecule has 0 saturated carbocycles. The summed E-state index contributed by atoms with van der Waals surface area (Å²) in [7, 11) is 0. The summed E-state index contributed by atoms with van der Waals surface area (Å²) in [6.07, 6.45) is 0. The summed E-state index contributed by atoms with van der Waals surface area (Å²) in [6.45, 7) is 0.176. The van der Waals surface area contributed by atoms with Gasteiger partial charge in [0.15, 0.2) is 6.73 Å². The first kappa shape index (κ1) is 12.3. The van der Waals surface area contributed by atoms with Gasteiger partial charge in [0.25, 0.3) is 5.91 Å². The van der Waals surface area contributed by atoms with Crippen LogP contribution in [0.25, 0.3) is 0 Å². The number of carbonyl (C=O) groups is 1. The molecule has 0 radical (unpaired) electrons. The van der Waals surface area contributed by atoms with Crippen molar-refractivity contribution in [2.75, 3.05) is 11.6 Å². The lowest BCUT2D eigenvalue weighted by Gasteiger charge is -2.28. The summed E-state index contributed by atoms with van der Waals surface area (Å²) in [5, 5.41) is 1.13. The highest BCUT2D eigenvalue weighted by molar-refractivity contribution is 6.31. The van der Waals surface area contributed by atoms with E-state index in [0.29, 0.717) is 21.4 Å². The molecule has 2 aromatic carbocycles. The van der Waals surface area contributed by atoms with Gasteiger partial charge in [-0.2, -0.15) is 0 Å². The Kier molecular flexibility index (Phi) is 3.09. The molecule has 0 saturated heterocycles. The molecular formula is C14H9Cl2NO2. The average molecular weight is 294 g/mol. The standard InChI is InChI=1S/C14H9Cl2NO2/c15-9-1-4-11(5-2-9)17-8-19-13-6-3-10(16)7-12(13)14(17)18/h1-7H,8H2. The van der Waals surface area contributed by atoms with E-state index in [4.69, 9.17) is 27.9 Å². The molecule has 0 atom stereocenters. The van der Waals surface area contributed by atoms with E-state index >= 15 is 0 Å². The van der Waals surface area contributed by atoms with Crippen LogP contribution in [0.1, 0.15) is 10.4 Å². The quantitative estimate of drug-likeness (QED) is 0.796. The van der Waals surface area contributed by atoms with Crippen molar-refractivity contribution < 1.29 is 9.53 Å². The number of rotatable bonds is 1. The predicted octanol–water partition coefficient (Wildman–Crippen LogP) is 3.99. The van der Waals surface area contributed by atoms with E-state index in [-0.39, 0.29) is 12.6 Å². The van der Waals surface area contributed by atoms with Gasteiger partial charge in [-0.25, -0.2) is 0 Å². The number of anilines is 1. The van der Waals surface area contributed by atoms with Crippen molar-refractivity contribution in [2.24, 2.45) is 0 Å². The number of fused-ring (bicyclic) bond motifs is 1. The Morgan fingerprint density at radius 1 is 1.00 bits per heavy atom. The van der Waals surface area contributed by atoms with Gasteiger partial charge in [-0.3, -0.25) is 9.69 Å². The number of carbonyl (C=O) groups excluding carboxylic acids is 1. The number of hydrogen-bond acceptors (Lipinski definition) is 2. The highest BCUT2D eigenvalue weighted by Gasteiger charge is 2.26. The molecule has 96 valence electrons. The van der Waals surface area contributed by atoms with Crippen molar-refractivity contribution in [2.45, 2.75) is 0 Å². The van der Waals surface area contributed by atoms with Crippen LogP contribution in [0.4, 0.5) is 5.69 Å². The van der Waals surface area contributed by atoms with Crippen molar-refractivity contribution in [3.63, 3.8) is 0 Å². The Morgan fingerprint density at radius 2 is 1.68 bits per heavy atom. The van der Waals surface area contributed by atoms with Gasteiger partial charge >= 0.3 is 0 Å². The number of halogens is 2. The van der Waals surface area contributed by atoms with Crippen molar-refractivity contribution >= 4 is 34.8 Å². The van der Waals surface area contributed by atoms with Crippen molar-refractivity contribution in [1.29, 1.82) is 0 Å². The van der Waals surface area contributed by atoms with Crippen molar-refractivity contribution in [1.82, 2.24) is 0 Å². The van der Waals surface area contributed by atoms with Crippen LogP contribution in [0, 0.1) is 0 Å². The minimum absolute atomic E-state index is 0.133. The largest absolute Gasteiger partial charge is 0.472 e. The summed E-state index contributed by atoms with van der Waals surface area (Å²) >= 11 is 11.7. The highest BCUT2D eigenvalue weighted by Crippen LogP contribution is 2.30. The Morgan fingerprint density at radius 3 is 2.42 bits per heavy atom. The van der Waals surface area contributed by atoms with Gasteiger partial charge in [0.05, 0.1) is 5.56 Å². The molecule has 1 amide bonds. The molecule has 0 spiro atoms. The fourth-order valence-electron chi connectivity index (χ4n) is 1.95. The molecule has 1 heterocycles. The lowest BCUT2D eigenvalue weighted by atomic mass is 10.1. The van der Waals surface area contributed by atoms with Crippen LogP contribution in [0.15, 0.2) is 42.5 Å². The fourth-order valence-corrected chi connectivity index (χ4v) is 2.24. The van der Waals surface area contributed by atoms with E-state index in [1.807, 2.05) is 0 Å². The highest BCUT2D eigenvalue weighted by atomic mass is 35.5. The first-order chi connectivity index (χ1) is 9.15. The third kappa shape index (κ3) is 2.27. The van der Waals surface area contributed by atoms with Crippen LogP contribution >= 0.6 is 23.2 Å². The molecule has 19 heavy (non-hydrogen) atoms. The molecule has 0 fully saturated rings. The Hall–Kier alpha value is -1.71. The average Bonchev–Trinajstić information content (AvgIpc) is 2.41. The zero-order valence-electron chi connectivity index (χ0n) is 9.77. The summed E-state index contributed by atoms with van der Waals surface area (Å²) in [5.41, 5.74) is 1.20. The van der Waals surface area contributed by atoms with E-state index in [9.17, 15) is 4.79 Å². The van der Waals surface area contributed by atoms with Gasteiger partial charge in [-0.15, -0.1) is 0 Å². The zero-order valence-corrected chi connectivity index (χ0v) is 11.3. The summed E-state index contributed by atoms with van der Waals surface area (Å²) < 4.78 is 5.56. The number of nitrogens with zero attached hydrogens (tertiary/aromatic N) is 1. The smallest absolute Gasteiger partial charge is 0.264 e. The Labute approximate surface area is 120 Å².